The molecule has 13 nitrogen and oxygen atoms in total. The molecule has 176 valence electrons. The third-order valence-corrected chi connectivity index (χ3v) is 6.57. The number of rotatable bonds is 9. The maximum absolute atomic E-state index is 12.9. The molecule has 0 aromatic rings. The predicted octanol–water partition coefficient (Wildman–Crippen LogP) is -1.11. The van der Waals surface area contributed by atoms with E-state index in [1.54, 1.807) is 0 Å². The van der Waals surface area contributed by atoms with Crippen molar-refractivity contribution in [1.82, 2.24) is 10.6 Å². The highest BCUT2D eigenvalue weighted by atomic mass is 32.2. The molecule has 1 saturated heterocycles. The molecule has 4 atom stereocenters. The summed E-state index contributed by atoms with van der Waals surface area (Å²) in [5, 5.41) is 35.8. The lowest BCUT2D eigenvalue weighted by molar-refractivity contribution is -0.161. The highest BCUT2D eigenvalue weighted by Gasteiger charge is 2.39. The van der Waals surface area contributed by atoms with Crippen LogP contribution >= 0.6 is 23.5 Å². The minimum atomic E-state index is -1.76. The minimum absolute atomic E-state index is 0.113. The van der Waals surface area contributed by atoms with Crippen molar-refractivity contribution in [2.45, 2.75) is 42.4 Å². The van der Waals surface area contributed by atoms with E-state index in [1.165, 1.54) is 25.6 Å². The minimum Gasteiger partial charge on any atom is -0.480 e. The summed E-state index contributed by atoms with van der Waals surface area (Å²) < 4.78 is 0. The fourth-order valence-corrected chi connectivity index (χ4v) is 4.46. The van der Waals surface area contributed by atoms with Crippen LogP contribution in [0.4, 0.5) is 0 Å². The Kier molecular flexibility index (Phi) is 8.28. The van der Waals surface area contributed by atoms with Crippen LogP contribution in [0.5, 0.6) is 0 Å². The van der Waals surface area contributed by atoms with Gasteiger partial charge in [0.15, 0.2) is 11.8 Å². The zero-order chi connectivity index (χ0) is 24.2. The molecule has 2 aliphatic rings. The fraction of sp³-hybridized carbons (Fsp3) is 0.529. The summed E-state index contributed by atoms with van der Waals surface area (Å²) in [6.07, 6.45) is 0. The van der Waals surface area contributed by atoms with Gasteiger partial charge in [-0.1, -0.05) is 11.7 Å². The van der Waals surface area contributed by atoms with Crippen LogP contribution in [-0.4, -0.2) is 90.6 Å². The van der Waals surface area contributed by atoms with Gasteiger partial charge in [-0.05, 0) is 19.4 Å². The van der Waals surface area contributed by atoms with Gasteiger partial charge in [0.05, 0.1) is 6.04 Å². The number of hydrogen-bond acceptors (Lipinski definition) is 11. The number of carbonyl (C=O) groups is 4. The molecule has 2 aliphatic heterocycles. The van der Waals surface area contributed by atoms with Gasteiger partial charge in [-0.15, -0.1) is 23.5 Å². The summed E-state index contributed by atoms with van der Waals surface area (Å²) in [7, 11) is 0. The molecule has 2 unspecified atom stereocenters. The molecular formula is C17H23N5O8S2. The quantitative estimate of drug-likeness (QED) is 0.168. The number of amides is 1. The monoisotopic (exact) mass is 489 g/mol. The van der Waals surface area contributed by atoms with E-state index in [0.717, 1.165) is 11.8 Å². The van der Waals surface area contributed by atoms with Gasteiger partial charge in [-0.2, -0.15) is 0 Å². The van der Waals surface area contributed by atoms with E-state index in [2.05, 4.69) is 27.4 Å². The van der Waals surface area contributed by atoms with Crippen LogP contribution in [-0.2, 0) is 24.0 Å². The third kappa shape index (κ3) is 6.21. The maximum Gasteiger partial charge on any atom is 0.354 e. The number of nitrogens with two attached hydrogens (primary N) is 1. The zero-order valence-electron chi connectivity index (χ0n) is 17.1. The summed E-state index contributed by atoms with van der Waals surface area (Å²) in [5.74, 6) is -4.69. The van der Waals surface area contributed by atoms with E-state index >= 15 is 0 Å². The van der Waals surface area contributed by atoms with Crippen LogP contribution in [0.1, 0.15) is 13.8 Å². The molecule has 7 N–H and O–H groups in total. The number of aliphatic imine (C=N–C) groups is 1. The molecule has 0 aliphatic carbocycles. The van der Waals surface area contributed by atoms with Crippen LogP contribution in [0, 0.1) is 0 Å². The van der Waals surface area contributed by atoms with Gasteiger partial charge in [-0.25, -0.2) is 14.4 Å². The molecule has 1 fully saturated rings. The van der Waals surface area contributed by atoms with Crippen molar-refractivity contribution in [3.63, 3.8) is 0 Å². The van der Waals surface area contributed by atoms with Crippen molar-refractivity contribution in [2.24, 2.45) is 15.9 Å². The van der Waals surface area contributed by atoms with Gasteiger partial charge >= 0.3 is 17.9 Å². The van der Waals surface area contributed by atoms with Gasteiger partial charge in [0.1, 0.15) is 16.6 Å². The van der Waals surface area contributed by atoms with Crippen molar-refractivity contribution < 1.29 is 39.3 Å². The normalized spacial score (nSPS) is 25.0. The molecule has 0 saturated carbocycles. The van der Waals surface area contributed by atoms with Gasteiger partial charge in [-0.3, -0.25) is 15.1 Å². The van der Waals surface area contributed by atoms with Crippen LogP contribution in [0.2, 0.25) is 0 Å². The van der Waals surface area contributed by atoms with Gasteiger partial charge in [0.25, 0.3) is 5.91 Å². The summed E-state index contributed by atoms with van der Waals surface area (Å²) >= 11 is 2.27. The Labute approximate surface area is 190 Å². The first kappa shape index (κ1) is 25.6. The van der Waals surface area contributed by atoms with E-state index in [1.807, 2.05) is 0 Å². The maximum atomic E-state index is 12.9. The third-order valence-electron chi connectivity index (χ3n) is 4.32. The number of carbonyl (C=O) groups excluding carboxylic acids is 1. The summed E-state index contributed by atoms with van der Waals surface area (Å²) in [4.78, 5) is 56.3. The van der Waals surface area contributed by atoms with E-state index in [9.17, 15) is 34.5 Å². The molecular weight excluding hydrogens is 466 g/mol. The van der Waals surface area contributed by atoms with Gasteiger partial charge in [0, 0.05) is 11.5 Å². The molecule has 0 spiro atoms. The Morgan fingerprint density at radius 1 is 1.31 bits per heavy atom. The summed E-state index contributed by atoms with van der Waals surface area (Å²) in [5.41, 5.74) is 3.04. The average molecular weight is 490 g/mol. The highest BCUT2D eigenvalue weighted by Crippen LogP contribution is 2.26. The standard InChI is InChI=1S/C17H23N5O8S2/c1-6-4-31-12(21-8(6)13(24)25)10(14(26)27)20-11(23)9(7-5-32-16(18)19-7)22-30-17(2,3)15(28)29/h7,10,12,16,19H,1,4-5,18H2,2-3H3,(H,20,23)(H,24,25)(H,26,27)(H,28,29)/b22-9-/t7?,10-,12+,16?/m0/s1. The largest absolute Gasteiger partial charge is 0.480 e. The Morgan fingerprint density at radius 2 is 1.97 bits per heavy atom. The fourth-order valence-electron chi connectivity index (χ4n) is 2.48. The molecule has 0 bridgehead atoms. The summed E-state index contributed by atoms with van der Waals surface area (Å²) in [6, 6.07) is -2.35. The number of aliphatic carboxylic acids is 3. The van der Waals surface area contributed by atoms with Crippen molar-refractivity contribution in [1.29, 1.82) is 0 Å². The molecule has 32 heavy (non-hydrogen) atoms. The zero-order valence-corrected chi connectivity index (χ0v) is 18.7. The van der Waals surface area contributed by atoms with Crippen molar-refractivity contribution in [2.75, 3.05) is 11.5 Å². The Hall–Kier alpha value is -2.62. The first-order valence-electron chi connectivity index (χ1n) is 9.10. The Balaban J connectivity index is 2.31. The number of nitrogens with one attached hydrogen (secondary N) is 2. The molecule has 2 heterocycles. The van der Waals surface area contributed by atoms with E-state index in [-0.39, 0.29) is 22.7 Å². The SMILES string of the molecule is C=C1CS[C@H]([C@H](NC(=O)/C(=N\OC(C)(C)C(=O)O)C2CSC(N)N2)C(=O)O)N=C1C(=O)O. The van der Waals surface area contributed by atoms with Crippen molar-refractivity contribution >= 4 is 58.8 Å². The molecule has 0 radical (unpaired) electrons. The lowest BCUT2D eigenvalue weighted by atomic mass is 10.1. The Morgan fingerprint density at radius 3 is 2.47 bits per heavy atom. The number of nitrogens with zero attached hydrogens (tertiary/aromatic N) is 2. The van der Waals surface area contributed by atoms with E-state index in [0.29, 0.717) is 5.75 Å². The number of thioether (sulfide) groups is 2. The first-order chi connectivity index (χ1) is 14.8. The van der Waals surface area contributed by atoms with Crippen molar-refractivity contribution in [3.05, 3.63) is 12.2 Å². The second-order valence-electron chi connectivity index (χ2n) is 7.23. The van der Waals surface area contributed by atoms with Crippen LogP contribution in [0.15, 0.2) is 22.3 Å². The van der Waals surface area contributed by atoms with Crippen LogP contribution < -0.4 is 16.4 Å². The number of carboxylic acids is 3. The number of oxime groups is 1. The van der Waals surface area contributed by atoms with Gasteiger partial charge in [0.2, 0.25) is 5.60 Å². The first-order valence-corrected chi connectivity index (χ1v) is 11.2. The van der Waals surface area contributed by atoms with E-state index in [4.69, 9.17) is 10.6 Å². The van der Waals surface area contributed by atoms with Crippen LogP contribution in [0.25, 0.3) is 0 Å². The molecule has 1 amide bonds. The Bertz CT molecular complexity index is 890. The number of carboxylic acid groups (broad SMARTS) is 3. The molecule has 2 rings (SSSR count). The average Bonchev–Trinajstić information content (AvgIpc) is 3.12. The predicted molar refractivity (Wildman–Crippen MR) is 118 cm³/mol. The van der Waals surface area contributed by atoms with Crippen molar-refractivity contribution in [3.8, 4) is 0 Å². The second kappa shape index (κ2) is 10.3. The lowest BCUT2D eigenvalue weighted by Gasteiger charge is -2.26. The molecule has 0 aromatic heterocycles. The molecule has 0 aromatic carbocycles. The molecule has 15 heteroatoms. The number of hydrogen-bond donors (Lipinski definition) is 6. The highest BCUT2D eigenvalue weighted by molar-refractivity contribution is 8.00. The lowest BCUT2D eigenvalue weighted by Crippen LogP contribution is -2.54. The second-order valence-corrected chi connectivity index (χ2v) is 9.51. The topological polar surface area (TPSA) is 213 Å². The smallest absolute Gasteiger partial charge is 0.354 e. The van der Waals surface area contributed by atoms with E-state index < -0.39 is 52.4 Å². The summed E-state index contributed by atoms with van der Waals surface area (Å²) in [6.45, 7) is 6.05. The van der Waals surface area contributed by atoms with Gasteiger partial charge < -0.3 is 31.2 Å². The van der Waals surface area contributed by atoms with Crippen LogP contribution in [0.3, 0.4) is 0 Å².